The van der Waals surface area contributed by atoms with Crippen LogP contribution in [0.1, 0.15) is 23.1 Å². The molecular formula is C17H18FNOS. The number of thiocarbonyl (C=S) groups is 1. The van der Waals surface area contributed by atoms with Crippen molar-refractivity contribution in [3.05, 3.63) is 71.0 Å². The van der Waals surface area contributed by atoms with Crippen molar-refractivity contribution in [2.24, 2.45) is 5.73 Å². The van der Waals surface area contributed by atoms with Gasteiger partial charge in [-0.3, -0.25) is 0 Å². The highest BCUT2D eigenvalue weighted by Gasteiger charge is 2.07. The van der Waals surface area contributed by atoms with Crippen molar-refractivity contribution in [3.63, 3.8) is 0 Å². The van der Waals surface area contributed by atoms with Gasteiger partial charge in [0.2, 0.25) is 0 Å². The zero-order chi connectivity index (χ0) is 15.1. The van der Waals surface area contributed by atoms with Crippen LogP contribution in [0.3, 0.4) is 0 Å². The van der Waals surface area contributed by atoms with Gasteiger partial charge in [0.15, 0.2) is 0 Å². The molecule has 2 aromatic carbocycles. The highest BCUT2D eigenvalue weighted by molar-refractivity contribution is 7.80. The van der Waals surface area contributed by atoms with Gasteiger partial charge in [-0.1, -0.05) is 48.6 Å². The third kappa shape index (κ3) is 4.92. The summed E-state index contributed by atoms with van der Waals surface area (Å²) in [5.74, 6) is -0.342. The Kier molecular flexibility index (Phi) is 5.84. The number of halogens is 1. The second-order valence-electron chi connectivity index (χ2n) is 4.81. The minimum Gasteiger partial charge on any atom is -0.389 e. The van der Waals surface area contributed by atoms with E-state index in [1.165, 1.54) is 17.7 Å². The zero-order valence-corrected chi connectivity index (χ0v) is 12.5. The average Bonchev–Trinajstić information content (AvgIpc) is 2.49. The van der Waals surface area contributed by atoms with Crippen molar-refractivity contribution in [1.82, 2.24) is 0 Å². The summed E-state index contributed by atoms with van der Waals surface area (Å²) in [7, 11) is 0. The molecule has 0 radical (unpaired) electrons. The van der Waals surface area contributed by atoms with Crippen LogP contribution in [0, 0.1) is 5.82 Å². The molecule has 0 fully saturated rings. The molecule has 0 heterocycles. The van der Waals surface area contributed by atoms with Crippen molar-refractivity contribution >= 4 is 17.2 Å². The first-order valence-corrected chi connectivity index (χ1v) is 7.27. The van der Waals surface area contributed by atoms with Gasteiger partial charge in [-0.05, 0) is 36.1 Å². The maximum atomic E-state index is 13.2. The number of benzene rings is 2. The molecule has 0 aliphatic heterocycles. The van der Waals surface area contributed by atoms with Gasteiger partial charge >= 0.3 is 0 Å². The molecule has 2 rings (SSSR count). The van der Waals surface area contributed by atoms with Crippen molar-refractivity contribution < 1.29 is 9.13 Å². The highest BCUT2D eigenvalue weighted by Crippen LogP contribution is 2.13. The monoisotopic (exact) mass is 303 g/mol. The Labute approximate surface area is 129 Å². The Morgan fingerprint density at radius 3 is 2.62 bits per heavy atom. The van der Waals surface area contributed by atoms with Gasteiger partial charge < -0.3 is 10.5 Å². The Hall–Kier alpha value is -1.78. The Balaban J connectivity index is 1.80. The third-order valence-corrected chi connectivity index (χ3v) is 3.41. The van der Waals surface area contributed by atoms with E-state index >= 15 is 0 Å². The van der Waals surface area contributed by atoms with E-state index in [0.29, 0.717) is 18.8 Å². The predicted molar refractivity (Wildman–Crippen MR) is 86.7 cm³/mol. The lowest BCUT2D eigenvalue weighted by Crippen LogP contribution is -2.13. The number of aryl methyl sites for hydroxylation is 1. The van der Waals surface area contributed by atoms with Crippen LogP contribution < -0.4 is 5.73 Å². The summed E-state index contributed by atoms with van der Waals surface area (Å²) in [5, 5.41) is 0. The number of hydrogen-bond donors (Lipinski definition) is 1. The first kappa shape index (κ1) is 15.6. The number of nitrogens with two attached hydrogens (primary N) is 1. The summed E-state index contributed by atoms with van der Waals surface area (Å²) in [5.41, 5.74) is 8.27. The van der Waals surface area contributed by atoms with Crippen LogP contribution in [0.5, 0.6) is 0 Å². The van der Waals surface area contributed by atoms with Gasteiger partial charge in [-0.15, -0.1) is 0 Å². The molecule has 2 aromatic rings. The molecule has 0 aliphatic rings. The predicted octanol–water partition coefficient (Wildman–Crippen LogP) is 3.61. The van der Waals surface area contributed by atoms with E-state index in [9.17, 15) is 4.39 Å². The van der Waals surface area contributed by atoms with E-state index in [1.807, 2.05) is 18.2 Å². The molecule has 0 aliphatic carbocycles. The molecule has 0 bridgehead atoms. The van der Waals surface area contributed by atoms with Crippen LogP contribution in [0.15, 0.2) is 48.5 Å². The fourth-order valence-electron chi connectivity index (χ4n) is 2.11. The summed E-state index contributed by atoms with van der Waals surface area (Å²) in [6.45, 7) is 1.03. The maximum Gasteiger partial charge on any atom is 0.123 e. The van der Waals surface area contributed by atoms with Gasteiger partial charge in [0.25, 0.3) is 0 Å². The van der Waals surface area contributed by atoms with Gasteiger partial charge in [-0.2, -0.15) is 0 Å². The van der Waals surface area contributed by atoms with Gasteiger partial charge in [0.1, 0.15) is 10.8 Å². The molecule has 21 heavy (non-hydrogen) atoms. The second-order valence-corrected chi connectivity index (χ2v) is 5.25. The van der Waals surface area contributed by atoms with Crippen LogP contribution in [0.25, 0.3) is 0 Å². The number of ether oxygens (including phenoxy) is 1. The van der Waals surface area contributed by atoms with Crippen molar-refractivity contribution in [3.8, 4) is 0 Å². The first-order chi connectivity index (χ1) is 10.2. The van der Waals surface area contributed by atoms with Gasteiger partial charge in [0, 0.05) is 12.2 Å². The lowest BCUT2D eigenvalue weighted by atomic mass is 10.1. The van der Waals surface area contributed by atoms with Crippen molar-refractivity contribution in [1.29, 1.82) is 0 Å². The lowest BCUT2D eigenvalue weighted by molar-refractivity contribution is 0.118. The molecule has 0 unspecified atom stereocenters. The van der Waals surface area contributed by atoms with Crippen molar-refractivity contribution in [2.45, 2.75) is 19.4 Å². The maximum absolute atomic E-state index is 13.2. The molecular weight excluding hydrogens is 285 g/mol. The van der Waals surface area contributed by atoms with E-state index in [0.717, 1.165) is 18.4 Å². The van der Waals surface area contributed by atoms with E-state index < -0.39 is 0 Å². The van der Waals surface area contributed by atoms with Crippen LogP contribution in [-0.2, 0) is 17.8 Å². The first-order valence-electron chi connectivity index (χ1n) is 6.86. The van der Waals surface area contributed by atoms with Gasteiger partial charge in [0.05, 0.1) is 6.61 Å². The quantitative estimate of drug-likeness (QED) is 0.627. The smallest absolute Gasteiger partial charge is 0.123 e. The molecule has 0 spiro atoms. The molecule has 110 valence electrons. The second kappa shape index (κ2) is 7.86. The summed E-state index contributed by atoms with van der Waals surface area (Å²) >= 11 is 4.93. The molecule has 0 saturated heterocycles. The summed E-state index contributed by atoms with van der Waals surface area (Å²) in [6.07, 6.45) is 1.92. The Morgan fingerprint density at radius 1 is 1.14 bits per heavy atom. The molecule has 2 N–H and O–H groups in total. The van der Waals surface area contributed by atoms with Crippen LogP contribution in [-0.4, -0.2) is 11.6 Å². The van der Waals surface area contributed by atoms with E-state index in [4.69, 9.17) is 22.7 Å². The highest BCUT2D eigenvalue weighted by atomic mass is 32.1. The zero-order valence-electron chi connectivity index (χ0n) is 11.7. The van der Waals surface area contributed by atoms with E-state index in [2.05, 4.69) is 12.1 Å². The van der Waals surface area contributed by atoms with Crippen LogP contribution in [0.4, 0.5) is 4.39 Å². The topological polar surface area (TPSA) is 35.2 Å². The van der Waals surface area contributed by atoms with E-state index in [1.54, 1.807) is 6.07 Å². The molecule has 0 aromatic heterocycles. The molecule has 0 amide bonds. The lowest BCUT2D eigenvalue weighted by Gasteiger charge is -2.09. The van der Waals surface area contributed by atoms with Crippen molar-refractivity contribution in [2.75, 3.05) is 6.61 Å². The summed E-state index contributed by atoms with van der Waals surface area (Å²) in [6, 6.07) is 14.7. The number of rotatable bonds is 7. The standard InChI is InChI=1S/C17H18FNOS/c18-15-9-8-14(16(11-15)17(19)21)12-20-10-4-7-13-5-2-1-3-6-13/h1-3,5-6,8-9,11H,4,7,10,12H2,(H2,19,21). The minimum atomic E-state index is -0.342. The Morgan fingerprint density at radius 2 is 1.90 bits per heavy atom. The Bertz CT molecular complexity index is 601. The third-order valence-electron chi connectivity index (χ3n) is 3.19. The van der Waals surface area contributed by atoms with Crippen LogP contribution >= 0.6 is 12.2 Å². The average molecular weight is 303 g/mol. The fraction of sp³-hybridized carbons (Fsp3) is 0.235. The number of hydrogen-bond acceptors (Lipinski definition) is 2. The minimum absolute atomic E-state index is 0.192. The van der Waals surface area contributed by atoms with E-state index in [-0.39, 0.29) is 10.8 Å². The van der Waals surface area contributed by atoms with Crippen LogP contribution in [0.2, 0.25) is 0 Å². The van der Waals surface area contributed by atoms with Gasteiger partial charge in [-0.25, -0.2) is 4.39 Å². The summed E-state index contributed by atoms with van der Waals surface area (Å²) in [4.78, 5) is 0.192. The summed E-state index contributed by atoms with van der Waals surface area (Å²) < 4.78 is 18.8. The normalized spacial score (nSPS) is 10.5. The molecule has 0 atom stereocenters. The molecule has 2 nitrogen and oxygen atoms in total. The molecule has 4 heteroatoms. The fourth-order valence-corrected chi connectivity index (χ4v) is 2.30. The molecule has 0 saturated carbocycles. The SMILES string of the molecule is NC(=S)c1cc(F)ccc1COCCCc1ccccc1. The largest absolute Gasteiger partial charge is 0.389 e.